The Morgan fingerprint density at radius 2 is 1.94 bits per heavy atom. The van der Waals surface area contributed by atoms with Crippen molar-refractivity contribution in [3.8, 4) is 0 Å². The van der Waals surface area contributed by atoms with Gasteiger partial charge in [-0.15, -0.1) is 11.6 Å². The fraction of sp³-hybridized carbons (Fsp3) is 0.818. The maximum Gasteiger partial charge on any atom is 0.236 e. The maximum atomic E-state index is 12.2. The normalized spacial score (nSPS) is 25.8. The zero-order chi connectivity index (χ0) is 11.8. The van der Waals surface area contributed by atoms with Gasteiger partial charge < -0.3 is 4.90 Å². The highest BCUT2D eigenvalue weighted by molar-refractivity contribution is 6.18. The van der Waals surface area contributed by atoms with Crippen LogP contribution in [0.5, 0.6) is 0 Å². The van der Waals surface area contributed by atoms with Crippen molar-refractivity contribution in [3.05, 3.63) is 0 Å². The maximum absolute atomic E-state index is 12.2. The van der Waals surface area contributed by atoms with E-state index in [1.54, 1.807) is 0 Å². The molecule has 2 saturated heterocycles. The van der Waals surface area contributed by atoms with Gasteiger partial charge in [-0.05, 0) is 33.0 Å². The lowest BCUT2D eigenvalue weighted by atomic mass is 9.77. The molecule has 0 aliphatic carbocycles. The molecule has 0 bridgehead atoms. The van der Waals surface area contributed by atoms with E-state index in [9.17, 15) is 9.59 Å². The molecular weight excluding hydrogens is 228 g/mol. The van der Waals surface area contributed by atoms with Crippen molar-refractivity contribution in [2.45, 2.75) is 19.3 Å². The lowest BCUT2D eigenvalue weighted by molar-refractivity contribution is -0.142. The SMILES string of the molecule is CN1CCC2(CC1)CC(=O)N(CCCl)C2=O. The zero-order valence-corrected chi connectivity index (χ0v) is 10.3. The van der Waals surface area contributed by atoms with E-state index in [4.69, 9.17) is 11.6 Å². The fourth-order valence-electron chi connectivity index (χ4n) is 2.61. The Bertz CT molecular complexity index is 311. The first-order valence-corrected chi connectivity index (χ1v) is 6.22. The van der Waals surface area contributed by atoms with E-state index in [1.165, 1.54) is 4.90 Å². The summed E-state index contributed by atoms with van der Waals surface area (Å²) < 4.78 is 0. The summed E-state index contributed by atoms with van der Waals surface area (Å²) in [6, 6.07) is 0. The molecule has 0 saturated carbocycles. The summed E-state index contributed by atoms with van der Waals surface area (Å²) in [5.74, 6) is 0.287. The van der Waals surface area contributed by atoms with Crippen molar-refractivity contribution in [1.29, 1.82) is 0 Å². The summed E-state index contributed by atoms with van der Waals surface area (Å²) in [6.07, 6.45) is 1.98. The van der Waals surface area contributed by atoms with Gasteiger partial charge in [0.15, 0.2) is 0 Å². The molecule has 2 rings (SSSR count). The number of rotatable bonds is 2. The van der Waals surface area contributed by atoms with Crippen LogP contribution in [-0.2, 0) is 9.59 Å². The number of nitrogens with zero attached hydrogens (tertiary/aromatic N) is 2. The molecule has 5 heteroatoms. The number of amides is 2. The lowest BCUT2D eigenvalue weighted by Crippen LogP contribution is -2.43. The average Bonchev–Trinajstić information content (AvgIpc) is 2.49. The molecule has 0 unspecified atom stereocenters. The average molecular weight is 245 g/mol. The van der Waals surface area contributed by atoms with Gasteiger partial charge in [0.2, 0.25) is 11.8 Å². The molecule has 0 aromatic rings. The van der Waals surface area contributed by atoms with Crippen LogP contribution in [0.3, 0.4) is 0 Å². The number of halogens is 1. The molecule has 90 valence electrons. The molecule has 16 heavy (non-hydrogen) atoms. The van der Waals surface area contributed by atoms with E-state index in [0.29, 0.717) is 18.8 Å². The second-order valence-corrected chi connectivity index (χ2v) is 5.18. The first-order valence-electron chi connectivity index (χ1n) is 5.68. The molecule has 0 radical (unpaired) electrons. The highest BCUT2D eigenvalue weighted by atomic mass is 35.5. The van der Waals surface area contributed by atoms with Crippen LogP contribution in [0, 0.1) is 5.41 Å². The van der Waals surface area contributed by atoms with Gasteiger partial charge >= 0.3 is 0 Å². The Labute approximate surface area is 101 Å². The standard InChI is InChI=1S/C11H17ClN2O2/c1-13-5-2-11(3-6-13)8-9(15)14(7-4-12)10(11)16/h2-8H2,1H3. The molecule has 2 fully saturated rings. The Hall–Kier alpha value is -0.610. The summed E-state index contributed by atoms with van der Waals surface area (Å²) in [6.45, 7) is 2.15. The Morgan fingerprint density at radius 1 is 1.31 bits per heavy atom. The summed E-state index contributed by atoms with van der Waals surface area (Å²) in [4.78, 5) is 27.5. The first kappa shape index (κ1) is 11.9. The highest BCUT2D eigenvalue weighted by Gasteiger charge is 2.51. The van der Waals surface area contributed by atoms with Crippen molar-refractivity contribution in [2.24, 2.45) is 5.41 Å². The molecule has 2 aliphatic heterocycles. The van der Waals surface area contributed by atoms with Crippen LogP contribution < -0.4 is 0 Å². The quantitative estimate of drug-likeness (QED) is 0.530. The molecule has 0 aromatic carbocycles. The Balaban J connectivity index is 2.13. The summed E-state index contributed by atoms with van der Waals surface area (Å²) in [7, 11) is 2.05. The summed E-state index contributed by atoms with van der Waals surface area (Å²) in [5.41, 5.74) is -0.407. The number of hydrogen-bond donors (Lipinski definition) is 0. The Morgan fingerprint density at radius 3 is 2.50 bits per heavy atom. The van der Waals surface area contributed by atoms with Gasteiger partial charge in [-0.25, -0.2) is 0 Å². The van der Waals surface area contributed by atoms with Crippen LogP contribution in [0.1, 0.15) is 19.3 Å². The molecule has 2 aliphatic rings. The van der Waals surface area contributed by atoms with E-state index < -0.39 is 5.41 Å². The number of alkyl halides is 1. The van der Waals surface area contributed by atoms with Crippen LogP contribution in [0.2, 0.25) is 0 Å². The number of likely N-dealkylation sites (tertiary alicyclic amines) is 2. The predicted octanol–water partition coefficient (Wildman–Crippen LogP) is 0.696. The predicted molar refractivity (Wildman–Crippen MR) is 61.2 cm³/mol. The fourth-order valence-corrected chi connectivity index (χ4v) is 2.78. The van der Waals surface area contributed by atoms with Gasteiger partial charge in [0.25, 0.3) is 0 Å². The molecule has 0 N–H and O–H groups in total. The second kappa shape index (κ2) is 4.34. The number of carbonyl (C=O) groups is 2. The lowest BCUT2D eigenvalue weighted by Gasteiger charge is -2.35. The van der Waals surface area contributed by atoms with Crippen LogP contribution in [0.4, 0.5) is 0 Å². The van der Waals surface area contributed by atoms with Crippen LogP contribution >= 0.6 is 11.6 Å². The first-order chi connectivity index (χ1) is 7.59. The third-order valence-corrected chi connectivity index (χ3v) is 3.91. The number of carbonyl (C=O) groups excluding carboxylic acids is 2. The minimum atomic E-state index is -0.407. The van der Waals surface area contributed by atoms with Crippen molar-refractivity contribution >= 4 is 23.4 Å². The third kappa shape index (κ3) is 1.84. The van der Waals surface area contributed by atoms with Gasteiger partial charge in [0.1, 0.15) is 0 Å². The van der Waals surface area contributed by atoms with Crippen LogP contribution in [-0.4, -0.2) is 54.2 Å². The van der Waals surface area contributed by atoms with Crippen molar-refractivity contribution in [2.75, 3.05) is 32.6 Å². The molecule has 2 amide bonds. The largest absolute Gasteiger partial charge is 0.306 e. The van der Waals surface area contributed by atoms with E-state index >= 15 is 0 Å². The molecule has 0 aromatic heterocycles. The minimum Gasteiger partial charge on any atom is -0.306 e. The molecule has 0 atom stereocenters. The molecule has 4 nitrogen and oxygen atoms in total. The summed E-state index contributed by atoms with van der Waals surface area (Å²) in [5, 5.41) is 0. The van der Waals surface area contributed by atoms with Crippen molar-refractivity contribution in [1.82, 2.24) is 9.80 Å². The number of piperidine rings is 1. The van der Waals surface area contributed by atoms with E-state index in [-0.39, 0.29) is 11.8 Å². The highest BCUT2D eigenvalue weighted by Crippen LogP contribution is 2.41. The monoisotopic (exact) mass is 244 g/mol. The topological polar surface area (TPSA) is 40.6 Å². The van der Waals surface area contributed by atoms with Gasteiger partial charge in [-0.2, -0.15) is 0 Å². The summed E-state index contributed by atoms with van der Waals surface area (Å²) >= 11 is 5.61. The van der Waals surface area contributed by atoms with E-state index in [2.05, 4.69) is 4.90 Å². The van der Waals surface area contributed by atoms with Gasteiger partial charge in [-0.1, -0.05) is 0 Å². The molecular formula is C11H17ClN2O2. The third-order valence-electron chi connectivity index (χ3n) is 3.74. The van der Waals surface area contributed by atoms with Gasteiger partial charge in [0, 0.05) is 18.8 Å². The van der Waals surface area contributed by atoms with E-state index in [0.717, 1.165) is 25.9 Å². The smallest absolute Gasteiger partial charge is 0.236 e. The van der Waals surface area contributed by atoms with Gasteiger partial charge in [0.05, 0.1) is 5.41 Å². The van der Waals surface area contributed by atoms with E-state index in [1.807, 2.05) is 7.05 Å². The molecule has 1 spiro atoms. The van der Waals surface area contributed by atoms with Crippen molar-refractivity contribution < 1.29 is 9.59 Å². The van der Waals surface area contributed by atoms with Crippen LogP contribution in [0.15, 0.2) is 0 Å². The van der Waals surface area contributed by atoms with Gasteiger partial charge in [-0.3, -0.25) is 14.5 Å². The van der Waals surface area contributed by atoms with Crippen molar-refractivity contribution in [3.63, 3.8) is 0 Å². The molecule has 2 heterocycles. The van der Waals surface area contributed by atoms with Crippen LogP contribution in [0.25, 0.3) is 0 Å². The zero-order valence-electron chi connectivity index (χ0n) is 9.54. The minimum absolute atomic E-state index is 0.00579. The number of imide groups is 1. The Kier molecular flexibility index (Phi) is 3.22. The number of hydrogen-bond acceptors (Lipinski definition) is 3. The second-order valence-electron chi connectivity index (χ2n) is 4.80.